The number of nitriles is 1. The van der Waals surface area contributed by atoms with Crippen LogP contribution in [0.25, 0.3) is 0 Å². The van der Waals surface area contributed by atoms with Crippen LogP contribution in [0.2, 0.25) is 0 Å². The van der Waals surface area contributed by atoms with Gasteiger partial charge < -0.3 is 5.32 Å². The number of hydrogen-bond acceptors (Lipinski definition) is 3. The maximum atomic E-state index is 12.4. The Balaban J connectivity index is 2.30. The normalized spacial score (nSPS) is 10.8. The van der Waals surface area contributed by atoms with Gasteiger partial charge in [0.25, 0.3) is 0 Å². The summed E-state index contributed by atoms with van der Waals surface area (Å²) in [6.07, 6.45) is -4.96. The van der Waals surface area contributed by atoms with Crippen LogP contribution >= 0.6 is 11.8 Å². The molecule has 2 aromatic carbocycles. The van der Waals surface area contributed by atoms with E-state index >= 15 is 0 Å². The van der Waals surface area contributed by atoms with Gasteiger partial charge in [-0.25, -0.2) is 0 Å². The molecule has 0 aliphatic heterocycles. The molecule has 0 spiro atoms. The number of hydrogen-bond donors (Lipinski definition) is 1. The lowest BCUT2D eigenvalue weighted by atomic mass is 10.2. The van der Waals surface area contributed by atoms with Gasteiger partial charge in [-0.05, 0) is 24.3 Å². The number of halogens is 3. The third-order valence-electron chi connectivity index (χ3n) is 2.62. The van der Waals surface area contributed by atoms with Crippen molar-refractivity contribution in [2.75, 3.05) is 5.32 Å². The fourth-order valence-corrected chi connectivity index (χ4v) is 2.60. The molecule has 0 aliphatic rings. The van der Waals surface area contributed by atoms with Crippen molar-refractivity contribution in [3.05, 3.63) is 54.1 Å². The Morgan fingerprint density at radius 3 is 2.27 bits per heavy atom. The van der Waals surface area contributed by atoms with Crippen LogP contribution < -0.4 is 5.32 Å². The molecule has 0 saturated carbocycles. The Morgan fingerprint density at radius 2 is 1.64 bits per heavy atom. The van der Waals surface area contributed by atoms with Crippen molar-refractivity contribution in [3.8, 4) is 6.07 Å². The van der Waals surface area contributed by atoms with E-state index in [0.717, 1.165) is 11.8 Å². The third kappa shape index (κ3) is 3.80. The van der Waals surface area contributed by atoms with Crippen molar-refractivity contribution in [2.45, 2.75) is 16.0 Å². The highest BCUT2D eigenvalue weighted by Gasteiger charge is 2.38. The lowest BCUT2D eigenvalue weighted by molar-refractivity contribution is -0.167. The van der Waals surface area contributed by atoms with Crippen molar-refractivity contribution in [1.29, 1.82) is 5.26 Å². The van der Waals surface area contributed by atoms with E-state index in [1.165, 1.54) is 12.1 Å². The van der Waals surface area contributed by atoms with E-state index in [1.807, 2.05) is 11.4 Å². The van der Waals surface area contributed by atoms with E-state index in [4.69, 9.17) is 5.26 Å². The second-order valence-electron chi connectivity index (χ2n) is 4.16. The van der Waals surface area contributed by atoms with Gasteiger partial charge in [0.05, 0.1) is 11.3 Å². The molecule has 2 aromatic rings. The number of carbonyl (C=O) groups is 1. The number of benzene rings is 2. The lowest BCUT2D eigenvalue weighted by Crippen LogP contribution is -2.30. The summed E-state index contributed by atoms with van der Waals surface area (Å²) in [7, 11) is 0. The molecule has 0 unspecified atom stereocenters. The number of carbonyl (C=O) groups excluding carboxylic acids is 1. The van der Waals surface area contributed by atoms with Gasteiger partial charge in [-0.1, -0.05) is 36.0 Å². The van der Waals surface area contributed by atoms with Gasteiger partial charge in [0.2, 0.25) is 0 Å². The van der Waals surface area contributed by atoms with E-state index in [0.29, 0.717) is 15.4 Å². The summed E-state index contributed by atoms with van der Waals surface area (Å²) in [5.41, 5.74) is 0.451. The van der Waals surface area contributed by atoms with Crippen molar-refractivity contribution in [2.24, 2.45) is 0 Å². The largest absolute Gasteiger partial charge is 0.471 e. The molecule has 0 aromatic heterocycles. The van der Waals surface area contributed by atoms with Gasteiger partial charge in [-0.2, -0.15) is 18.4 Å². The van der Waals surface area contributed by atoms with E-state index in [2.05, 4.69) is 0 Å². The maximum Gasteiger partial charge on any atom is 0.471 e. The first kappa shape index (κ1) is 15.9. The molecule has 0 aliphatic carbocycles. The van der Waals surface area contributed by atoms with Crippen molar-refractivity contribution in [3.63, 3.8) is 0 Å². The summed E-state index contributed by atoms with van der Waals surface area (Å²) in [6, 6.07) is 14.8. The first-order valence-electron chi connectivity index (χ1n) is 6.06. The highest BCUT2D eigenvalue weighted by atomic mass is 32.2. The number of rotatable bonds is 3. The number of para-hydroxylation sites is 1. The first-order valence-corrected chi connectivity index (χ1v) is 6.87. The van der Waals surface area contributed by atoms with Gasteiger partial charge in [0.1, 0.15) is 6.07 Å². The second-order valence-corrected chi connectivity index (χ2v) is 5.24. The average molecular weight is 322 g/mol. The van der Waals surface area contributed by atoms with Crippen LogP contribution in [0.15, 0.2) is 58.3 Å². The van der Waals surface area contributed by atoms with E-state index in [-0.39, 0.29) is 5.69 Å². The van der Waals surface area contributed by atoms with Crippen LogP contribution in [-0.2, 0) is 4.79 Å². The molecule has 0 saturated heterocycles. The standard InChI is InChI=1S/C15H9F3N2OS/c16-15(17,18)14(21)20-11-6-2-4-8-13(11)22-12-7-3-1-5-10(12)9-19/h1-8H,(H,20,21). The predicted molar refractivity (Wildman–Crippen MR) is 76.4 cm³/mol. The average Bonchev–Trinajstić information content (AvgIpc) is 2.48. The van der Waals surface area contributed by atoms with Crippen LogP contribution in [-0.4, -0.2) is 12.1 Å². The zero-order valence-electron chi connectivity index (χ0n) is 11.0. The highest BCUT2D eigenvalue weighted by Crippen LogP contribution is 2.35. The maximum absolute atomic E-state index is 12.4. The number of nitrogens with zero attached hydrogens (tertiary/aromatic N) is 1. The van der Waals surface area contributed by atoms with Gasteiger partial charge in [-0.15, -0.1) is 0 Å². The SMILES string of the molecule is N#Cc1ccccc1Sc1ccccc1NC(=O)C(F)(F)F. The molecular formula is C15H9F3N2OS. The number of amides is 1. The molecule has 3 nitrogen and oxygen atoms in total. The molecule has 0 radical (unpaired) electrons. The fourth-order valence-electron chi connectivity index (χ4n) is 1.62. The zero-order chi connectivity index (χ0) is 16.2. The summed E-state index contributed by atoms with van der Waals surface area (Å²) in [6.45, 7) is 0. The monoisotopic (exact) mass is 322 g/mol. The molecule has 1 N–H and O–H groups in total. The van der Waals surface area contributed by atoms with Crippen molar-refractivity contribution >= 4 is 23.4 Å². The van der Waals surface area contributed by atoms with Crippen LogP contribution in [0.4, 0.5) is 18.9 Å². The Hall–Kier alpha value is -2.46. The summed E-state index contributed by atoms with van der Waals surface area (Å²) < 4.78 is 37.1. The molecule has 0 atom stereocenters. The fraction of sp³-hybridized carbons (Fsp3) is 0.0667. The minimum atomic E-state index is -4.96. The summed E-state index contributed by atoms with van der Waals surface area (Å²) in [5.74, 6) is -2.03. The molecule has 7 heteroatoms. The number of nitrogens with one attached hydrogen (secondary N) is 1. The molecular weight excluding hydrogens is 313 g/mol. The molecule has 0 fully saturated rings. The highest BCUT2D eigenvalue weighted by molar-refractivity contribution is 7.99. The van der Waals surface area contributed by atoms with E-state index in [1.54, 1.807) is 36.4 Å². The Morgan fingerprint density at radius 1 is 1.05 bits per heavy atom. The number of anilines is 1. The van der Waals surface area contributed by atoms with Crippen molar-refractivity contribution < 1.29 is 18.0 Å². The Labute approximate surface area is 128 Å². The molecule has 1 amide bonds. The topological polar surface area (TPSA) is 52.9 Å². The van der Waals surface area contributed by atoms with Gasteiger partial charge in [0.15, 0.2) is 0 Å². The second kappa shape index (κ2) is 6.54. The summed E-state index contributed by atoms with van der Waals surface area (Å²) >= 11 is 1.11. The van der Waals surface area contributed by atoms with Crippen LogP contribution in [0.1, 0.15) is 5.56 Å². The first-order chi connectivity index (χ1) is 10.4. The predicted octanol–water partition coefficient (Wildman–Crippen LogP) is 4.21. The third-order valence-corrected chi connectivity index (χ3v) is 3.77. The van der Waals surface area contributed by atoms with E-state index < -0.39 is 12.1 Å². The Kier molecular flexibility index (Phi) is 4.73. The molecule has 0 bridgehead atoms. The van der Waals surface area contributed by atoms with Crippen LogP contribution in [0, 0.1) is 11.3 Å². The summed E-state index contributed by atoms with van der Waals surface area (Å²) in [5, 5.41) is 10.9. The quantitative estimate of drug-likeness (QED) is 0.921. The smallest absolute Gasteiger partial charge is 0.317 e. The van der Waals surface area contributed by atoms with Gasteiger partial charge in [0, 0.05) is 9.79 Å². The molecule has 22 heavy (non-hydrogen) atoms. The van der Waals surface area contributed by atoms with Gasteiger partial charge in [-0.3, -0.25) is 4.79 Å². The lowest BCUT2D eigenvalue weighted by Gasteiger charge is -2.12. The van der Waals surface area contributed by atoms with Crippen molar-refractivity contribution in [1.82, 2.24) is 0 Å². The zero-order valence-corrected chi connectivity index (χ0v) is 11.8. The minimum absolute atomic E-state index is 0.0440. The van der Waals surface area contributed by atoms with Gasteiger partial charge >= 0.3 is 12.1 Å². The number of alkyl halides is 3. The Bertz CT molecular complexity index is 738. The van der Waals surface area contributed by atoms with Crippen LogP contribution in [0.3, 0.4) is 0 Å². The molecule has 112 valence electrons. The minimum Gasteiger partial charge on any atom is -0.317 e. The molecule has 2 rings (SSSR count). The summed E-state index contributed by atoms with van der Waals surface area (Å²) in [4.78, 5) is 12.1. The van der Waals surface area contributed by atoms with Crippen LogP contribution in [0.5, 0.6) is 0 Å². The van der Waals surface area contributed by atoms with E-state index in [9.17, 15) is 18.0 Å². The molecule has 0 heterocycles.